The molecule has 36 heavy (non-hydrogen) atoms. The van der Waals surface area contributed by atoms with Gasteiger partial charge in [0.2, 0.25) is 0 Å². The molecule has 0 N–H and O–H groups in total. The molecule has 3 heteroatoms. The van der Waals surface area contributed by atoms with Crippen LogP contribution in [-0.2, 0) is 36.1 Å². The van der Waals surface area contributed by atoms with Gasteiger partial charge in [0.25, 0.3) is 0 Å². The molecule has 1 fully saturated rings. The second kappa shape index (κ2) is 15.1. The summed E-state index contributed by atoms with van der Waals surface area (Å²) in [6.07, 6.45) is 12.1. The summed E-state index contributed by atoms with van der Waals surface area (Å²) in [7, 11) is 0. The Morgan fingerprint density at radius 3 is 2.03 bits per heavy atom. The third kappa shape index (κ3) is 9.17. The van der Waals surface area contributed by atoms with Crippen LogP contribution in [0, 0.1) is 13.0 Å². The van der Waals surface area contributed by atoms with Crippen molar-refractivity contribution in [1.82, 2.24) is 0 Å². The van der Waals surface area contributed by atoms with E-state index in [1.165, 1.54) is 71.0 Å². The number of halogens is 2. The van der Waals surface area contributed by atoms with E-state index in [4.69, 9.17) is 0 Å². The van der Waals surface area contributed by atoms with Gasteiger partial charge in [-0.25, -0.2) is 6.07 Å². The first-order valence-electron chi connectivity index (χ1n) is 12.4. The molecule has 2 aliphatic rings. The van der Waals surface area contributed by atoms with E-state index >= 15 is 0 Å². The van der Waals surface area contributed by atoms with Crippen molar-refractivity contribution in [1.29, 1.82) is 0 Å². The molecule has 0 unspecified atom stereocenters. The van der Waals surface area contributed by atoms with E-state index in [1.54, 1.807) is 27.4 Å². The van der Waals surface area contributed by atoms with Crippen LogP contribution in [0.5, 0.6) is 0 Å². The van der Waals surface area contributed by atoms with Crippen molar-refractivity contribution < 1.29 is 49.0 Å². The summed E-state index contributed by atoms with van der Waals surface area (Å²) in [5, 5.41) is 0. The van der Waals surface area contributed by atoms with Gasteiger partial charge in [0.1, 0.15) is 0 Å². The van der Waals surface area contributed by atoms with Crippen molar-refractivity contribution in [2.24, 2.45) is 0 Å². The normalized spacial score (nSPS) is 13.3. The quantitative estimate of drug-likeness (QED) is 0.312. The zero-order valence-electron chi connectivity index (χ0n) is 22.2. The van der Waals surface area contributed by atoms with Gasteiger partial charge >= 0.3 is 59.5 Å². The summed E-state index contributed by atoms with van der Waals surface area (Å²) in [5.41, 5.74) is 10.7. The van der Waals surface area contributed by atoms with Crippen LogP contribution < -0.4 is 24.8 Å². The van der Waals surface area contributed by atoms with Crippen molar-refractivity contribution in [3.63, 3.8) is 0 Å². The van der Waals surface area contributed by atoms with Crippen molar-refractivity contribution in [2.75, 3.05) is 0 Å². The molecule has 2 aliphatic carbocycles. The second-order valence-electron chi connectivity index (χ2n) is 10.4. The topological polar surface area (TPSA) is 0 Å². The number of benzene rings is 2. The fourth-order valence-electron chi connectivity index (χ4n) is 4.37. The predicted molar refractivity (Wildman–Crippen MR) is 147 cm³/mol. The van der Waals surface area contributed by atoms with Crippen LogP contribution in [0.25, 0.3) is 23.3 Å². The molecule has 3 aromatic carbocycles. The number of rotatable bonds is 2. The second-order valence-corrected chi connectivity index (χ2v) is 12.2. The van der Waals surface area contributed by atoms with Crippen LogP contribution >= 0.6 is 0 Å². The number of aryl methyl sites for hydroxylation is 1. The minimum absolute atomic E-state index is 0. The number of hydrogen-bond acceptors (Lipinski definition) is 0. The molecule has 0 aliphatic heterocycles. The zero-order chi connectivity index (χ0) is 24.7. The van der Waals surface area contributed by atoms with E-state index in [9.17, 15) is 0 Å². The Kier molecular flexibility index (Phi) is 13.7. The predicted octanol–water partition coefficient (Wildman–Crippen LogP) is 3.03. The molecule has 0 saturated heterocycles. The molecule has 0 aromatic heterocycles. The van der Waals surface area contributed by atoms with Crippen LogP contribution in [0.2, 0.25) is 0 Å². The monoisotopic (exact) mass is 594 g/mol. The van der Waals surface area contributed by atoms with E-state index in [2.05, 4.69) is 89.4 Å². The first-order valence-corrected chi connectivity index (χ1v) is 13.7. The van der Waals surface area contributed by atoms with E-state index in [1.807, 2.05) is 18.2 Å². The average Bonchev–Trinajstić information content (AvgIpc) is 3.43. The Hall–Kier alpha value is -1.40. The molecule has 5 rings (SSSR count). The Labute approximate surface area is 246 Å². The maximum atomic E-state index is 3.82. The summed E-state index contributed by atoms with van der Waals surface area (Å²) in [5.74, 6) is 0. The maximum absolute atomic E-state index is 3.82. The first kappa shape index (κ1) is 32.6. The van der Waals surface area contributed by atoms with Gasteiger partial charge in [-0.05, 0) is 12.0 Å². The van der Waals surface area contributed by atoms with Gasteiger partial charge in [0, 0.05) is 0 Å². The Morgan fingerprint density at radius 2 is 1.56 bits per heavy atom. The van der Waals surface area contributed by atoms with E-state index in [-0.39, 0.29) is 24.8 Å². The van der Waals surface area contributed by atoms with Crippen LogP contribution in [0.15, 0.2) is 61.7 Å². The Morgan fingerprint density at radius 1 is 0.917 bits per heavy atom. The molecular formula is C33H38Cl2Zr-2. The van der Waals surface area contributed by atoms with Gasteiger partial charge in [0.05, 0.1) is 0 Å². The fourth-order valence-corrected chi connectivity index (χ4v) is 5.24. The average molecular weight is 597 g/mol. The van der Waals surface area contributed by atoms with Gasteiger partial charge in [0.15, 0.2) is 0 Å². The minimum atomic E-state index is 0. The van der Waals surface area contributed by atoms with Gasteiger partial charge < -0.3 is 24.8 Å². The van der Waals surface area contributed by atoms with Crippen molar-refractivity contribution in [3.8, 4) is 11.1 Å². The third-order valence-corrected chi connectivity index (χ3v) is 7.77. The van der Waals surface area contributed by atoms with E-state index in [0.717, 1.165) is 12.0 Å². The van der Waals surface area contributed by atoms with Gasteiger partial charge in [-0.2, -0.15) is 47.0 Å². The molecule has 0 bridgehead atoms. The molecule has 190 valence electrons. The van der Waals surface area contributed by atoms with Crippen molar-refractivity contribution in [3.05, 3.63) is 101 Å². The summed E-state index contributed by atoms with van der Waals surface area (Å²) in [6.45, 7) is 16.5. The molecule has 0 radical (unpaired) electrons. The molecular weight excluding hydrogens is 558 g/mol. The van der Waals surface area contributed by atoms with Crippen LogP contribution in [0.3, 0.4) is 0 Å². The Bertz CT molecular complexity index is 1100. The molecule has 1 saturated carbocycles. The number of fused-ring (bicyclic) bond motifs is 3. The molecule has 0 spiro atoms. The van der Waals surface area contributed by atoms with Gasteiger partial charge in [-0.1, -0.05) is 75.1 Å². The summed E-state index contributed by atoms with van der Waals surface area (Å²) >= 11 is 1.69. The van der Waals surface area contributed by atoms with Gasteiger partial charge in [-0.3, -0.25) is 0 Å². The van der Waals surface area contributed by atoms with Crippen LogP contribution in [0.4, 0.5) is 0 Å². The SMILES string of the molecule is C=Cc1c[c-]c2c(c1)-c1cc(C=C)ccc1C2.Cc1cc(C(C)(C)C)c[cH-]1.[Cl-].[Cl-].[Zr+2]=[C]1CCCCC1. The van der Waals surface area contributed by atoms with Crippen LogP contribution in [0.1, 0.15) is 86.3 Å². The van der Waals surface area contributed by atoms with E-state index < -0.39 is 0 Å². The van der Waals surface area contributed by atoms with Crippen molar-refractivity contribution >= 4 is 15.4 Å². The molecule has 0 heterocycles. The molecule has 3 aromatic rings. The van der Waals surface area contributed by atoms with E-state index in [0.29, 0.717) is 5.41 Å². The van der Waals surface area contributed by atoms with Crippen molar-refractivity contribution in [2.45, 2.75) is 71.6 Å². The fraction of sp³-hybridized carbons (Fsp3) is 0.333. The summed E-state index contributed by atoms with van der Waals surface area (Å²) in [4.78, 5) is 0. The van der Waals surface area contributed by atoms with Gasteiger partial charge in [-0.15, -0.1) is 23.8 Å². The summed E-state index contributed by atoms with van der Waals surface area (Å²) in [6, 6.07) is 20.7. The summed E-state index contributed by atoms with van der Waals surface area (Å²) < 4.78 is 1.80. The molecule has 0 nitrogen and oxygen atoms in total. The van der Waals surface area contributed by atoms with Crippen LogP contribution in [-0.4, -0.2) is 3.21 Å². The number of hydrogen-bond donors (Lipinski definition) is 0. The third-order valence-electron chi connectivity index (χ3n) is 6.54. The zero-order valence-corrected chi connectivity index (χ0v) is 26.2. The Balaban J connectivity index is 0.000000293. The molecule has 0 atom stereocenters. The first-order chi connectivity index (χ1) is 16.2. The molecule has 0 amide bonds. The standard InChI is InChI=1S/C17H13.C10H15.C6H10.2ClH.Zr/c1-3-12-5-7-14-11-15-8-6-13(4-2)10-17(15)16(14)9-12;1-8-5-6-9(7-8)10(2,3)4;1-2-4-6-5-3-1;;;/h3-7,9-10H,1-2,11H2;5-7H,1-4H3;1-5H2;2*1H;/q2*-1;;;;+2/p-2.